The number of ether oxygens (including phenoxy) is 1. The summed E-state index contributed by atoms with van der Waals surface area (Å²) in [5, 5.41) is 9.09. The lowest BCUT2D eigenvalue weighted by atomic mass is 9.98. The van der Waals surface area contributed by atoms with Gasteiger partial charge >= 0.3 is 12.1 Å². The number of benzene rings is 3. The van der Waals surface area contributed by atoms with Crippen molar-refractivity contribution in [2.24, 2.45) is 0 Å². The van der Waals surface area contributed by atoms with E-state index in [0.717, 1.165) is 6.42 Å². The van der Waals surface area contributed by atoms with E-state index < -0.39 is 12.1 Å². The van der Waals surface area contributed by atoms with Crippen LogP contribution in [0.3, 0.4) is 0 Å². The zero-order chi connectivity index (χ0) is 21.1. The number of aromatic carboxylic acids is 1. The highest BCUT2D eigenvalue weighted by Crippen LogP contribution is 2.44. The zero-order valence-electron chi connectivity index (χ0n) is 16.7. The van der Waals surface area contributed by atoms with Gasteiger partial charge in [0.25, 0.3) is 0 Å². The van der Waals surface area contributed by atoms with Crippen molar-refractivity contribution in [1.82, 2.24) is 0 Å². The molecule has 0 radical (unpaired) electrons. The summed E-state index contributed by atoms with van der Waals surface area (Å²) in [5.74, 6) is -0.996. The minimum atomic E-state index is -0.996. The second-order valence-corrected chi connectivity index (χ2v) is 7.31. The standard InChI is InChI=1S/C25H23NO4/c1-2-15-26(18-13-11-17(12-14-18)24(27)28)25(29)30-16-23-21-9-5-3-7-19(21)20-8-4-6-10-22(20)23/h3-14,23H,2,15-16H2,1H3,(H,27,28). The van der Waals surface area contributed by atoms with Gasteiger partial charge in [0, 0.05) is 18.2 Å². The summed E-state index contributed by atoms with van der Waals surface area (Å²) in [6.07, 6.45) is 0.326. The summed E-state index contributed by atoms with van der Waals surface area (Å²) in [6, 6.07) is 22.7. The first-order valence-electron chi connectivity index (χ1n) is 10.1. The van der Waals surface area contributed by atoms with E-state index in [0.29, 0.717) is 12.2 Å². The van der Waals surface area contributed by atoms with Gasteiger partial charge in [-0.05, 0) is 52.9 Å². The van der Waals surface area contributed by atoms with E-state index >= 15 is 0 Å². The van der Waals surface area contributed by atoms with Gasteiger partial charge in [-0.25, -0.2) is 9.59 Å². The first kappa shape index (κ1) is 19.7. The van der Waals surface area contributed by atoms with Crippen molar-refractivity contribution in [3.63, 3.8) is 0 Å². The normalized spacial score (nSPS) is 12.2. The number of hydrogen-bond acceptors (Lipinski definition) is 3. The third-order valence-electron chi connectivity index (χ3n) is 5.43. The van der Waals surface area contributed by atoms with Crippen LogP contribution in [0.1, 0.15) is 40.7 Å². The second-order valence-electron chi connectivity index (χ2n) is 7.31. The maximum Gasteiger partial charge on any atom is 0.414 e. The number of carbonyl (C=O) groups excluding carboxylic acids is 1. The molecule has 0 aliphatic heterocycles. The molecule has 0 spiro atoms. The first-order chi connectivity index (χ1) is 14.6. The molecule has 0 heterocycles. The molecule has 5 nitrogen and oxygen atoms in total. The van der Waals surface area contributed by atoms with E-state index in [1.54, 1.807) is 17.0 Å². The third-order valence-corrected chi connectivity index (χ3v) is 5.43. The molecule has 0 saturated carbocycles. The molecule has 1 aliphatic carbocycles. The summed E-state index contributed by atoms with van der Waals surface area (Å²) < 4.78 is 5.76. The fourth-order valence-corrected chi connectivity index (χ4v) is 4.01. The second kappa shape index (κ2) is 8.41. The molecule has 0 fully saturated rings. The van der Waals surface area contributed by atoms with Gasteiger partial charge < -0.3 is 9.84 Å². The third kappa shape index (κ3) is 3.66. The lowest BCUT2D eigenvalue weighted by molar-refractivity contribution is 0.0697. The molecule has 3 aromatic rings. The van der Waals surface area contributed by atoms with Crippen molar-refractivity contribution < 1.29 is 19.4 Å². The number of hydrogen-bond donors (Lipinski definition) is 1. The molecule has 4 rings (SSSR count). The van der Waals surface area contributed by atoms with Crippen LogP contribution in [0.2, 0.25) is 0 Å². The van der Waals surface area contributed by atoms with E-state index in [1.165, 1.54) is 34.4 Å². The number of nitrogens with zero attached hydrogens (tertiary/aromatic N) is 1. The van der Waals surface area contributed by atoms with Crippen LogP contribution in [0.15, 0.2) is 72.8 Å². The number of fused-ring (bicyclic) bond motifs is 3. The Morgan fingerprint density at radius 2 is 1.47 bits per heavy atom. The fourth-order valence-electron chi connectivity index (χ4n) is 4.01. The van der Waals surface area contributed by atoms with Crippen molar-refractivity contribution in [2.45, 2.75) is 19.3 Å². The van der Waals surface area contributed by atoms with Gasteiger partial charge in [-0.3, -0.25) is 4.90 Å². The molecular weight excluding hydrogens is 378 g/mol. The van der Waals surface area contributed by atoms with E-state index in [9.17, 15) is 9.59 Å². The van der Waals surface area contributed by atoms with E-state index in [2.05, 4.69) is 24.3 Å². The van der Waals surface area contributed by atoms with Crippen molar-refractivity contribution in [2.75, 3.05) is 18.1 Å². The van der Waals surface area contributed by atoms with E-state index in [1.807, 2.05) is 31.2 Å². The predicted octanol–water partition coefficient (Wildman–Crippen LogP) is 5.55. The lowest BCUT2D eigenvalue weighted by Gasteiger charge is -2.23. The van der Waals surface area contributed by atoms with Crippen LogP contribution >= 0.6 is 0 Å². The van der Waals surface area contributed by atoms with Gasteiger partial charge in [-0.1, -0.05) is 55.5 Å². The minimum absolute atomic E-state index is 0.000729. The Morgan fingerprint density at radius 1 is 0.900 bits per heavy atom. The monoisotopic (exact) mass is 401 g/mol. The average Bonchev–Trinajstić information content (AvgIpc) is 3.10. The number of rotatable bonds is 6. The average molecular weight is 401 g/mol. The van der Waals surface area contributed by atoms with Crippen molar-refractivity contribution >= 4 is 17.7 Å². The summed E-state index contributed by atoms with van der Waals surface area (Å²) in [6.45, 7) is 2.72. The molecule has 1 aliphatic rings. The van der Waals surface area contributed by atoms with Crippen LogP contribution in [0.5, 0.6) is 0 Å². The minimum Gasteiger partial charge on any atom is -0.478 e. The van der Waals surface area contributed by atoms with Crippen LogP contribution in [-0.2, 0) is 4.74 Å². The van der Waals surface area contributed by atoms with Crippen molar-refractivity contribution in [3.8, 4) is 11.1 Å². The molecule has 3 aromatic carbocycles. The first-order valence-corrected chi connectivity index (χ1v) is 10.1. The highest BCUT2D eigenvalue weighted by Gasteiger charge is 2.29. The fraction of sp³-hybridized carbons (Fsp3) is 0.200. The molecule has 0 aromatic heterocycles. The lowest BCUT2D eigenvalue weighted by Crippen LogP contribution is -2.33. The highest BCUT2D eigenvalue weighted by molar-refractivity contribution is 5.91. The predicted molar refractivity (Wildman–Crippen MR) is 116 cm³/mol. The number of carboxylic acid groups (broad SMARTS) is 1. The highest BCUT2D eigenvalue weighted by atomic mass is 16.6. The molecule has 0 saturated heterocycles. The Hall–Kier alpha value is -3.60. The van der Waals surface area contributed by atoms with Crippen LogP contribution in [0.25, 0.3) is 11.1 Å². The quantitative estimate of drug-likeness (QED) is 0.588. The van der Waals surface area contributed by atoms with Gasteiger partial charge in [0.15, 0.2) is 0 Å². The smallest absolute Gasteiger partial charge is 0.414 e. The Bertz CT molecular complexity index is 1030. The maximum absolute atomic E-state index is 12.9. The molecule has 0 atom stereocenters. The Morgan fingerprint density at radius 3 is 2.00 bits per heavy atom. The van der Waals surface area contributed by atoms with E-state index in [-0.39, 0.29) is 18.1 Å². The SMILES string of the molecule is CCCN(C(=O)OCC1c2ccccc2-c2ccccc21)c1ccc(C(=O)O)cc1. The van der Waals surface area contributed by atoms with Crippen molar-refractivity contribution in [1.29, 1.82) is 0 Å². The van der Waals surface area contributed by atoms with Gasteiger partial charge in [0.1, 0.15) is 6.61 Å². The Kier molecular flexibility index (Phi) is 5.53. The maximum atomic E-state index is 12.9. The molecule has 5 heteroatoms. The van der Waals surface area contributed by atoms with Gasteiger partial charge in [-0.2, -0.15) is 0 Å². The summed E-state index contributed by atoms with van der Waals surface area (Å²) in [4.78, 5) is 25.6. The topological polar surface area (TPSA) is 66.8 Å². The van der Waals surface area contributed by atoms with Crippen LogP contribution < -0.4 is 4.90 Å². The van der Waals surface area contributed by atoms with E-state index in [4.69, 9.17) is 9.84 Å². The van der Waals surface area contributed by atoms with Gasteiger partial charge in [-0.15, -0.1) is 0 Å². The summed E-state index contributed by atoms with van der Waals surface area (Å²) in [7, 11) is 0. The molecule has 30 heavy (non-hydrogen) atoms. The summed E-state index contributed by atoms with van der Waals surface area (Å²) in [5.41, 5.74) is 5.51. The Balaban J connectivity index is 1.53. The zero-order valence-corrected chi connectivity index (χ0v) is 16.7. The molecule has 0 bridgehead atoms. The molecule has 152 valence electrons. The molecule has 1 amide bonds. The molecule has 1 N–H and O–H groups in total. The van der Waals surface area contributed by atoms with Crippen molar-refractivity contribution in [3.05, 3.63) is 89.5 Å². The molecular formula is C25H23NO4. The Labute approximate surface area is 175 Å². The molecule has 0 unspecified atom stereocenters. The number of carboxylic acids is 1. The number of carbonyl (C=O) groups is 2. The largest absolute Gasteiger partial charge is 0.478 e. The number of anilines is 1. The summed E-state index contributed by atoms with van der Waals surface area (Å²) >= 11 is 0. The van der Waals surface area contributed by atoms with Gasteiger partial charge in [0.05, 0.1) is 5.56 Å². The van der Waals surface area contributed by atoms with Crippen LogP contribution in [0, 0.1) is 0 Å². The number of amides is 1. The van der Waals surface area contributed by atoms with Crippen LogP contribution in [0.4, 0.5) is 10.5 Å². The van der Waals surface area contributed by atoms with Crippen LogP contribution in [-0.4, -0.2) is 30.3 Å². The van der Waals surface area contributed by atoms with Gasteiger partial charge in [0.2, 0.25) is 0 Å².